The lowest BCUT2D eigenvalue weighted by Crippen LogP contribution is -2.12. The van der Waals surface area contributed by atoms with Gasteiger partial charge in [-0.15, -0.1) is 0 Å². The number of hydrogen-bond acceptors (Lipinski definition) is 2. The van der Waals surface area contributed by atoms with Crippen LogP contribution in [0.4, 0.5) is 0 Å². The number of hydrogen-bond donors (Lipinski definition) is 0. The van der Waals surface area contributed by atoms with Gasteiger partial charge in [-0.3, -0.25) is 9.59 Å². The molecule has 0 saturated heterocycles. The number of benzene rings is 3. The molecule has 0 saturated carbocycles. The number of Topliss-reactive ketones (excluding diaryl/α,β-unsaturated/α-hetero) is 2. The normalized spacial score (nSPS) is 16.4. The highest BCUT2D eigenvalue weighted by Gasteiger charge is 2.40. The van der Waals surface area contributed by atoms with E-state index in [-0.39, 0.29) is 11.6 Å². The highest BCUT2D eigenvalue weighted by atomic mass is 16.2. The molecule has 0 aliphatic heterocycles. The van der Waals surface area contributed by atoms with Crippen molar-refractivity contribution < 1.29 is 9.59 Å². The van der Waals surface area contributed by atoms with E-state index in [1.807, 2.05) is 72.8 Å². The van der Waals surface area contributed by atoms with Gasteiger partial charge in [0.2, 0.25) is 0 Å². The second-order valence-corrected chi connectivity index (χ2v) is 5.67. The Labute approximate surface area is 134 Å². The molecule has 1 atom stereocenters. The van der Waals surface area contributed by atoms with Crippen molar-refractivity contribution >= 4 is 11.6 Å². The summed E-state index contributed by atoms with van der Waals surface area (Å²) >= 11 is 0. The molecular weight excluding hydrogens is 284 g/mol. The molecule has 3 aromatic carbocycles. The van der Waals surface area contributed by atoms with Crippen LogP contribution in [-0.4, -0.2) is 11.6 Å². The summed E-state index contributed by atoms with van der Waals surface area (Å²) in [5.41, 5.74) is 3.64. The largest absolute Gasteiger partial charge is 0.293 e. The third kappa shape index (κ3) is 2.11. The van der Waals surface area contributed by atoms with Gasteiger partial charge in [-0.2, -0.15) is 0 Å². The maximum atomic E-state index is 13.0. The van der Waals surface area contributed by atoms with E-state index in [0.717, 1.165) is 16.7 Å². The van der Waals surface area contributed by atoms with Crippen LogP contribution in [0.25, 0.3) is 11.1 Å². The lowest BCUT2D eigenvalue weighted by atomic mass is 9.93. The summed E-state index contributed by atoms with van der Waals surface area (Å²) in [7, 11) is 0. The first-order valence-electron chi connectivity index (χ1n) is 7.59. The number of carbonyl (C=O) groups excluding carboxylic acids is 2. The molecule has 0 radical (unpaired) electrons. The summed E-state index contributed by atoms with van der Waals surface area (Å²) in [6, 6.07) is 24.5. The summed E-state index contributed by atoms with van der Waals surface area (Å²) in [6.07, 6.45) is 0. The van der Waals surface area contributed by atoms with Gasteiger partial charge in [0, 0.05) is 11.1 Å². The molecular formula is C21H14O2. The van der Waals surface area contributed by atoms with Crippen LogP contribution in [0, 0.1) is 0 Å². The lowest BCUT2D eigenvalue weighted by Gasteiger charge is -2.08. The predicted molar refractivity (Wildman–Crippen MR) is 89.7 cm³/mol. The van der Waals surface area contributed by atoms with Crippen LogP contribution in [0.2, 0.25) is 0 Å². The van der Waals surface area contributed by atoms with E-state index in [9.17, 15) is 9.59 Å². The second-order valence-electron chi connectivity index (χ2n) is 5.67. The highest BCUT2D eigenvalue weighted by molar-refractivity contribution is 6.31. The molecule has 0 fully saturated rings. The first kappa shape index (κ1) is 13.6. The molecule has 0 amide bonds. The summed E-state index contributed by atoms with van der Waals surface area (Å²) in [4.78, 5) is 25.8. The van der Waals surface area contributed by atoms with Gasteiger partial charge in [0.05, 0.1) is 0 Å². The molecule has 4 rings (SSSR count). The summed E-state index contributed by atoms with van der Waals surface area (Å²) in [5.74, 6) is -0.916. The minimum atomic E-state index is -0.712. The molecule has 0 heterocycles. The van der Waals surface area contributed by atoms with Crippen molar-refractivity contribution in [1.82, 2.24) is 0 Å². The van der Waals surface area contributed by atoms with Gasteiger partial charge >= 0.3 is 0 Å². The molecule has 2 nitrogen and oxygen atoms in total. The van der Waals surface area contributed by atoms with Crippen LogP contribution < -0.4 is 0 Å². The minimum Gasteiger partial charge on any atom is -0.293 e. The Kier molecular flexibility index (Phi) is 3.16. The average molecular weight is 298 g/mol. The van der Waals surface area contributed by atoms with Crippen LogP contribution >= 0.6 is 0 Å². The van der Waals surface area contributed by atoms with Crippen molar-refractivity contribution in [3.63, 3.8) is 0 Å². The topological polar surface area (TPSA) is 34.1 Å². The lowest BCUT2D eigenvalue weighted by molar-refractivity contribution is 0.0890. The van der Waals surface area contributed by atoms with Crippen molar-refractivity contribution in [1.29, 1.82) is 0 Å². The van der Waals surface area contributed by atoms with E-state index in [0.29, 0.717) is 11.1 Å². The Morgan fingerprint density at radius 3 is 1.87 bits per heavy atom. The summed E-state index contributed by atoms with van der Waals surface area (Å²) < 4.78 is 0. The highest BCUT2D eigenvalue weighted by Crippen LogP contribution is 2.39. The van der Waals surface area contributed by atoms with Crippen LogP contribution in [0.5, 0.6) is 0 Å². The fraction of sp³-hybridized carbons (Fsp3) is 0.0476. The van der Waals surface area contributed by atoms with Crippen molar-refractivity contribution in [2.75, 3.05) is 0 Å². The minimum absolute atomic E-state index is 0.101. The van der Waals surface area contributed by atoms with Gasteiger partial charge in [0.15, 0.2) is 11.6 Å². The SMILES string of the molecule is O=C1c2cccc(-c3ccccc3)c2C(=O)C1c1ccccc1. The van der Waals surface area contributed by atoms with Gasteiger partial charge in [-0.25, -0.2) is 0 Å². The Bertz CT molecular complexity index is 896. The Balaban J connectivity index is 1.89. The number of rotatable bonds is 2. The Morgan fingerprint density at radius 2 is 1.17 bits per heavy atom. The van der Waals surface area contributed by atoms with Gasteiger partial charge in [0.25, 0.3) is 0 Å². The van der Waals surface area contributed by atoms with E-state index >= 15 is 0 Å². The van der Waals surface area contributed by atoms with Crippen molar-refractivity contribution in [2.24, 2.45) is 0 Å². The van der Waals surface area contributed by atoms with Crippen molar-refractivity contribution in [2.45, 2.75) is 5.92 Å². The first-order chi connectivity index (χ1) is 11.3. The number of ketones is 2. The Hall–Kier alpha value is -3.00. The zero-order valence-electron chi connectivity index (χ0n) is 12.4. The summed E-state index contributed by atoms with van der Waals surface area (Å²) in [5, 5.41) is 0. The number of carbonyl (C=O) groups is 2. The Morgan fingerprint density at radius 1 is 0.565 bits per heavy atom. The summed E-state index contributed by atoms with van der Waals surface area (Å²) in [6.45, 7) is 0. The van der Waals surface area contributed by atoms with Gasteiger partial charge in [-0.1, -0.05) is 78.9 Å². The fourth-order valence-corrected chi connectivity index (χ4v) is 3.25. The predicted octanol–water partition coefficient (Wildman–Crippen LogP) is 4.52. The maximum Gasteiger partial charge on any atom is 0.179 e. The van der Waals surface area contributed by atoms with E-state index in [1.165, 1.54) is 0 Å². The molecule has 0 N–H and O–H groups in total. The quantitative estimate of drug-likeness (QED) is 0.652. The molecule has 1 unspecified atom stereocenters. The monoisotopic (exact) mass is 298 g/mol. The van der Waals surface area contributed by atoms with Gasteiger partial charge in [-0.05, 0) is 16.7 Å². The third-order valence-electron chi connectivity index (χ3n) is 4.32. The van der Waals surface area contributed by atoms with Gasteiger partial charge < -0.3 is 0 Å². The van der Waals surface area contributed by atoms with E-state index < -0.39 is 5.92 Å². The molecule has 1 aliphatic carbocycles. The number of fused-ring (bicyclic) bond motifs is 1. The van der Waals surface area contributed by atoms with E-state index in [2.05, 4.69) is 0 Å². The molecule has 110 valence electrons. The van der Waals surface area contributed by atoms with Crippen LogP contribution in [0.1, 0.15) is 32.2 Å². The zero-order chi connectivity index (χ0) is 15.8. The molecule has 1 aliphatic rings. The van der Waals surface area contributed by atoms with Crippen LogP contribution in [-0.2, 0) is 0 Å². The van der Waals surface area contributed by atoms with Crippen LogP contribution in [0.3, 0.4) is 0 Å². The third-order valence-corrected chi connectivity index (χ3v) is 4.32. The molecule has 23 heavy (non-hydrogen) atoms. The van der Waals surface area contributed by atoms with Crippen LogP contribution in [0.15, 0.2) is 78.9 Å². The fourth-order valence-electron chi connectivity index (χ4n) is 3.25. The standard InChI is InChI=1S/C21H14O2/c22-20-17-13-7-12-16(14-8-3-1-4-9-14)19(17)21(23)18(20)15-10-5-2-6-11-15/h1-13,18H. The second kappa shape index (κ2) is 5.33. The van der Waals surface area contributed by atoms with Crippen molar-refractivity contribution in [3.05, 3.63) is 95.6 Å². The molecule has 0 spiro atoms. The zero-order valence-corrected chi connectivity index (χ0v) is 12.4. The maximum absolute atomic E-state index is 13.0. The average Bonchev–Trinajstić information content (AvgIpc) is 2.88. The van der Waals surface area contributed by atoms with Gasteiger partial charge in [0.1, 0.15) is 5.92 Å². The molecule has 2 heteroatoms. The molecule has 3 aromatic rings. The van der Waals surface area contributed by atoms with E-state index in [4.69, 9.17) is 0 Å². The van der Waals surface area contributed by atoms with E-state index in [1.54, 1.807) is 6.07 Å². The smallest absolute Gasteiger partial charge is 0.179 e. The first-order valence-corrected chi connectivity index (χ1v) is 7.59. The molecule has 0 bridgehead atoms. The van der Waals surface area contributed by atoms with Crippen molar-refractivity contribution in [3.8, 4) is 11.1 Å². The molecule has 0 aromatic heterocycles.